The molecule has 1 aliphatic rings. The lowest BCUT2D eigenvalue weighted by atomic mass is 9.88. The molecule has 2 unspecified atom stereocenters. The molecule has 2 aromatic rings. The Bertz CT molecular complexity index is 821. The Morgan fingerprint density at radius 1 is 1.15 bits per heavy atom. The highest BCUT2D eigenvalue weighted by Crippen LogP contribution is 2.39. The van der Waals surface area contributed by atoms with Crippen LogP contribution in [0.25, 0.3) is 0 Å². The van der Waals surface area contributed by atoms with Crippen LogP contribution in [0.4, 0.5) is 23.7 Å². The molecule has 138 valence electrons. The molecular formula is C19H20F3N3O. The van der Waals surface area contributed by atoms with Crippen LogP contribution in [0.5, 0.6) is 0 Å². The first-order valence-electron chi connectivity index (χ1n) is 8.24. The summed E-state index contributed by atoms with van der Waals surface area (Å²) in [5.41, 5.74) is 7.17. The molecule has 2 aromatic carbocycles. The molecule has 0 fully saturated rings. The zero-order valence-corrected chi connectivity index (χ0v) is 14.5. The number of hydrogen-bond donors (Lipinski definition) is 1. The standard InChI is InChI=1S/C19H20F3N3O/c1-24(2)10-16(12-5-14(21)8-15(22)6-12)18-7-11-3-4-13(20)9-17(11)25(18)19(23)26/h3-6,8-9,16,18H,7,10H2,1-2H3,(H2,23,26). The van der Waals surface area contributed by atoms with Gasteiger partial charge in [-0.2, -0.15) is 0 Å². The van der Waals surface area contributed by atoms with E-state index in [1.165, 1.54) is 29.2 Å². The minimum absolute atomic E-state index is 0.404. The van der Waals surface area contributed by atoms with Gasteiger partial charge in [0.05, 0.1) is 11.7 Å². The molecular weight excluding hydrogens is 343 g/mol. The van der Waals surface area contributed by atoms with Crippen LogP contribution in [-0.4, -0.2) is 37.6 Å². The first-order chi connectivity index (χ1) is 12.3. The third-order valence-corrected chi connectivity index (χ3v) is 4.64. The van der Waals surface area contributed by atoms with E-state index in [0.29, 0.717) is 24.2 Å². The van der Waals surface area contributed by atoms with Crippen LogP contribution >= 0.6 is 0 Å². The quantitative estimate of drug-likeness (QED) is 0.907. The summed E-state index contributed by atoms with van der Waals surface area (Å²) in [4.78, 5) is 15.3. The predicted molar refractivity (Wildman–Crippen MR) is 93.6 cm³/mol. The Hall–Kier alpha value is -2.54. The van der Waals surface area contributed by atoms with E-state index in [4.69, 9.17) is 5.73 Å². The first-order valence-corrected chi connectivity index (χ1v) is 8.24. The highest BCUT2D eigenvalue weighted by molar-refractivity contribution is 5.94. The van der Waals surface area contributed by atoms with Crippen molar-refractivity contribution in [2.24, 2.45) is 5.73 Å². The molecule has 7 heteroatoms. The third-order valence-electron chi connectivity index (χ3n) is 4.64. The van der Waals surface area contributed by atoms with Gasteiger partial charge >= 0.3 is 6.03 Å². The van der Waals surface area contributed by atoms with Crippen molar-refractivity contribution in [2.45, 2.75) is 18.4 Å². The van der Waals surface area contributed by atoms with Gasteiger partial charge in [-0.3, -0.25) is 4.90 Å². The minimum Gasteiger partial charge on any atom is -0.351 e. The Labute approximate surface area is 150 Å². The zero-order valence-electron chi connectivity index (χ0n) is 14.5. The summed E-state index contributed by atoms with van der Waals surface area (Å²) < 4.78 is 41.2. The lowest BCUT2D eigenvalue weighted by molar-refractivity contribution is 0.249. The first kappa shape index (κ1) is 18.3. The van der Waals surface area contributed by atoms with E-state index in [0.717, 1.165) is 11.6 Å². The maximum absolute atomic E-state index is 13.8. The highest BCUT2D eigenvalue weighted by Gasteiger charge is 2.39. The number of urea groups is 1. The van der Waals surface area contributed by atoms with Crippen LogP contribution in [0.3, 0.4) is 0 Å². The molecule has 0 aliphatic carbocycles. The van der Waals surface area contributed by atoms with Gasteiger partial charge in [-0.15, -0.1) is 0 Å². The molecule has 1 aliphatic heterocycles. The molecule has 0 aromatic heterocycles. The highest BCUT2D eigenvalue weighted by atomic mass is 19.1. The molecule has 2 amide bonds. The Kier molecular flexibility index (Phi) is 4.91. The van der Waals surface area contributed by atoms with Crippen LogP contribution in [-0.2, 0) is 6.42 Å². The third kappa shape index (κ3) is 3.53. The molecule has 0 radical (unpaired) electrons. The number of anilines is 1. The molecule has 4 nitrogen and oxygen atoms in total. The summed E-state index contributed by atoms with van der Waals surface area (Å²) in [7, 11) is 3.66. The molecule has 0 spiro atoms. The molecule has 3 rings (SSSR count). The minimum atomic E-state index is -0.722. The molecule has 26 heavy (non-hydrogen) atoms. The number of hydrogen-bond acceptors (Lipinski definition) is 2. The van der Waals surface area contributed by atoms with Crippen LogP contribution in [0.2, 0.25) is 0 Å². The maximum atomic E-state index is 13.8. The van der Waals surface area contributed by atoms with E-state index < -0.39 is 35.4 Å². The number of benzene rings is 2. The fourth-order valence-electron chi connectivity index (χ4n) is 3.67. The number of halogens is 3. The van der Waals surface area contributed by atoms with Gasteiger partial charge in [-0.1, -0.05) is 6.07 Å². The van der Waals surface area contributed by atoms with Crippen molar-refractivity contribution in [3.8, 4) is 0 Å². The summed E-state index contributed by atoms with van der Waals surface area (Å²) in [5.74, 6) is -2.25. The smallest absolute Gasteiger partial charge is 0.319 e. The summed E-state index contributed by atoms with van der Waals surface area (Å²) in [6.45, 7) is 0.438. The lowest BCUT2D eigenvalue weighted by Gasteiger charge is -2.33. The number of primary amides is 1. The fraction of sp³-hybridized carbons (Fsp3) is 0.316. The summed E-state index contributed by atoms with van der Waals surface area (Å²) in [6, 6.07) is 6.34. The van der Waals surface area contributed by atoms with E-state index in [2.05, 4.69) is 0 Å². The molecule has 2 atom stereocenters. The monoisotopic (exact) mass is 363 g/mol. The molecule has 2 N–H and O–H groups in total. The van der Waals surface area contributed by atoms with Gasteiger partial charge in [0, 0.05) is 18.5 Å². The van der Waals surface area contributed by atoms with E-state index >= 15 is 0 Å². The molecule has 0 bridgehead atoms. The number of rotatable bonds is 4. The Balaban J connectivity index is 2.07. The second-order valence-electron chi connectivity index (χ2n) is 6.82. The second kappa shape index (κ2) is 6.99. The van der Waals surface area contributed by atoms with Crippen LogP contribution in [0, 0.1) is 17.5 Å². The van der Waals surface area contributed by atoms with Crippen LogP contribution in [0.15, 0.2) is 36.4 Å². The number of carbonyl (C=O) groups is 1. The molecule has 0 saturated carbocycles. The molecule has 0 saturated heterocycles. The van der Waals surface area contributed by atoms with Crippen molar-refractivity contribution in [3.63, 3.8) is 0 Å². The van der Waals surface area contributed by atoms with Crippen LogP contribution < -0.4 is 10.6 Å². The molecule has 1 heterocycles. The van der Waals surface area contributed by atoms with Crippen molar-refractivity contribution < 1.29 is 18.0 Å². The predicted octanol–water partition coefficient (Wildman–Crippen LogP) is 3.26. The van der Waals surface area contributed by atoms with E-state index in [1.54, 1.807) is 6.07 Å². The van der Waals surface area contributed by atoms with Gasteiger partial charge in [-0.05, 0) is 55.9 Å². The van der Waals surface area contributed by atoms with Crippen molar-refractivity contribution >= 4 is 11.7 Å². The lowest BCUT2D eigenvalue weighted by Crippen LogP contribution is -2.46. The Morgan fingerprint density at radius 3 is 2.38 bits per heavy atom. The van der Waals surface area contributed by atoms with Crippen molar-refractivity contribution in [1.29, 1.82) is 0 Å². The Morgan fingerprint density at radius 2 is 1.81 bits per heavy atom. The van der Waals surface area contributed by atoms with Gasteiger partial charge in [0.2, 0.25) is 0 Å². The zero-order chi connectivity index (χ0) is 19.0. The van der Waals surface area contributed by atoms with E-state index in [9.17, 15) is 18.0 Å². The largest absolute Gasteiger partial charge is 0.351 e. The number of fused-ring (bicyclic) bond motifs is 1. The fourth-order valence-corrected chi connectivity index (χ4v) is 3.67. The number of amides is 2. The summed E-state index contributed by atoms with van der Waals surface area (Å²) in [6.07, 6.45) is 0.426. The van der Waals surface area contributed by atoms with Gasteiger partial charge in [-0.25, -0.2) is 18.0 Å². The summed E-state index contributed by atoms with van der Waals surface area (Å²) in [5, 5.41) is 0. The van der Waals surface area contributed by atoms with Crippen molar-refractivity contribution in [1.82, 2.24) is 4.90 Å². The van der Waals surface area contributed by atoms with E-state index in [-0.39, 0.29) is 0 Å². The SMILES string of the molecule is CN(C)CC(c1cc(F)cc(F)c1)C1Cc2ccc(F)cc2N1C(N)=O. The van der Waals surface area contributed by atoms with Gasteiger partial charge < -0.3 is 10.6 Å². The van der Waals surface area contributed by atoms with Gasteiger partial charge in [0.15, 0.2) is 0 Å². The number of nitrogens with zero attached hydrogens (tertiary/aromatic N) is 2. The maximum Gasteiger partial charge on any atom is 0.319 e. The van der Waals surface area contributed by atoms with E-state index in [1.807, 2.05) is 19.0 Å². The average molecular weight is 363 g/mol. The number of nitrogens with two attached hydrogens (primary N) is 1. The second-order valence-corrected chi connectivity index (χ2v) is 6.82. The summed E-state index contributed by atoms with van der Waals surface area (Å²) >= 11 is 0. The van der Waals surface area contributed by atoms with Crippen molar-refractivity contribution in [2.75, 3.05) is 25.5 Å². The van der Waals surface area contributed by atoms with Crippen LogP contribution in [0.1, 0.15) is 17.0 Å². The average Bonchev–Trinajstić information content (AvgIpc) is 2.89. The topological polar surface area (TPSA) is 49.6 Å². The number of carbonyl (C=O) groups excluding carboxylic acids is 1. The number of likely N-dealkylation sites (N-methyl/N-ethyl adjacent to an activating group) is 1. The van der Waals surface area contributed by atoms with Gasteiger partial charge in [0.1, 0.15) is 17.5 Å². The van der Waals surface area contributed by atoms with Crippen molar-refractivity contribution in [3.05, 3.63) is 65.0 Å². The van der Waals surface area contributed by atoms with Gasteiger partial charge in [0.25, 0.3) is 0 Å². The normalized spacial score (nSPS) is 17.5.